The van der Waals surface area contributed by atoms with Crippen LogP contribution in [0.2, 0.25) is 5.02 Å². The third-order valence-corrected chi connectivity index (χ3v) is 5.35. The van der Waals surface area contributed by atoms with E-state index in [0.29, 0.717) is 24.0 Å². The fourth-order valence-corrected chi connectivity index (χ4v) is 3.58. The maximum Gasteiger partial charge on any atom is 0.306 e. The molecule has 1 heterocycles. The average molecular weight is 433 g/mol. The van der Waals surface area contributed by atoms with E-state index in [1.807, 2.05) is 0 Å². The number of carboxylic acid groups (broad SMARTS) is 1. The number of benzene rings is 2. The number of hydrogen-bond donors (Lipinski definition) is 1. The van der Waals surface area contributed by atoms with Crippen molar-refractivity contribution in [1.29, 1.82) is 0 Å². The number of aliphatic carboxylic acids is 1. The van der Waals surface area contributed by atoms with Gasteiger partial charge in [-0.25, -0.2) is 4.39 Å². The fourth-order valence-electron chi connectivity index (χ4n) is 3.37. The Labute approximate surface area is 175 Å². The first-order valence-electron chi connectivity index (χ1n) is 9.42. The van der Waals surface area contributed by atoms with E-state index in [9.17, 15) is 14.0 Å². The summed E-state index contributed by atoms with van der Waals surface area (Å²) >= 11 is 6.15. The molecule has 1 saturated carbocycles. The highest BCUT2D eigenvalue weighted by molar-refractivity contribution is 6.34. The molecule has 0 radical (unpaired) electrons. The molecule has 0 amide bonds. The molecule has 4 rings (SSSR count). The van der Waals surface area contributed by atoms with Crippen molar-refractivity contribution in [3.8, 4) is 17.1 Å². The molecular weight excluding hydrogens is 415 g/mol. The predicted molar refractivity (Wildman–Crippen MR) is 108 cm³/mol. The second-order valence-corrected chi connectivity index (χ2v) is 7.49. The molecular formula is C22H18ClFO6. The second kappa shape index (κ2) is 8.45. The summed E-state index contributed by atoms with van der Waals surface area (Å²) in [6.07, 6.45) is 0.878. The Kier molecular flexibility index (Phi) is 5.74. The Balaban J connectivity index is 1.50. The zero-order valence-electron chi connectivity index (χ0n) is 15.8. The first-order valence-corrected chi connectivity index (χ1v) is 9.79. The molecule has 1 aliphatic carbocycles. The van der Waals surface area contributed by atoms with Crippen LogP contribution >= 0.6 is 11.6 Å². The van der Waals surface area contributed by atoms with E-state index in [4.69, 9.17) is 30.6 Å². The van der Waals surface area contributed by atoms with E-state index in [1.54, 1.807) is 18.2 Å². The van der Waals surface area contributed by atoms with E-state index in [2.05, 4.69) is 0 Å². The lowest BCUT2D eigenvalue weighted by molar-refractivity contribution is -0.151. The summed E-state index contributed by atoms with van der Waals surface area (Å²) in [6.45, 7) is 0.423. The van der Waals surface area contributed by atoms with Gasteiger partial charge in [-0.3, -0.25) is 9.59 Å². The highest BCUT2D eigenvalue weighted by Crippen LogP contribution is 2.34. The maximum atomic E-state index is 13.9. The topological polar surface area (TPSA) is 86.0 Å². The number of hydrogen-bond acceptors (Lipinski definition) is 5. The first kappa shape index (κ1) is 20.4. The van der Waals surface area contributed by atoms with Crippen LogP contribution < -0.4 is 10.2 Å². The van der Waals surface area contributed by atoms with Crippen molar-refractivity contribution in [3.05, 3.63) is 63.5 Å². The molecule has 0 aliphatic heterocycles. The van der Waals surface area contributed by atoms with E-state index in [-0.39, 0.29) is 52.6 Å². The Hall–Kier alpha value is -2.90. The molecule has 1 fully saturated rings. The van der Waals surface area contributed by atoms with Gasteiger partial charge in [0.15, 0.2) is 11.0 Å². The SMILES string of the molecule is O=C(O)C1CC(OCCOc2ccc(F)cc2-c2cc(=O)c3cccc(Cl)c3o2)C1. The molecule has 1 aliphatic rings. The minimum Gasteiger partial charge on any atom is -0.490 e. The van der Waals surface area contributed by atoms with Crippen LogP contribution in [0.1, 0.15) is 12.8 Å². The number of fused-ring (bicyclic) bond motifs is 1. The van der Waals surface area contributed by atoms with E-state index < -0.39 is 11.8 Å². The van der Waals surface area contributed by atoms with Crippen molar-refractivity contribution in [1.82, 2.24) is 0 Å². The van der Waals surface area contributed by atoms with Crippen LogP contribution in [-0.2, 0) is 9.53 Å². The summed E-state index contributed by atoms with van der Waals surface area (Å²) in [4.78, 5) is 23.3. The molecule has 0 bridgehead atoms. The predicted octanol–water partition coefficient (Wildman–Crippen LogP) is 4.51. The molecule has 30 heavy (non-hydrogen) atoms. The molecule has 2 aromatic carbocycles. The monoisotopic (exact) mass is 432 g/mol. The molecule has 6 nitrogen and oxygen atoms in total. The maximum absolute atomic E-state index is 13.9. The van der Waals surface area contributed by atoms with Crippen molar-refractivity contribution in [2.45, 2.75) is 18.9 Å². The number of ether oxygens (including phenoxy) is 2. The number of carbonyl (C=O) groups is 1. The quantitative estimate of drug-likeness (QED) is 0.553. The van der Waals surface area contributed by atoms with Crippen LogP contribution in [-0.4, -0.2) is 30.4 Å². The molecule has 156 valence electrons. The van der Waals surface area contributed by atoms with Gasteiger partial charge in [-0.05, 0) is 43.2 Å². The third-order valence-electron chi connectivity index (χ3n) is 5.05. The Bertz CT molecular complexity index is 1150. The lowest BCUT2D eigenvalue weighted by atomic mass is 9.82. The summed E-state index contributed by atoms with van der Waals surface area (Å²) in [6, 6.07) is 10.1. The minimum atomic E-state index is -0.806. The number of carboxylic acids is 1. The molecule has 0 saturated heterocycles. The van der Waals surface area contributed by atoms with Crippen molar-refractivity contribution >= 4 is 28.5 Å². The number of halogens is 2. The van der Waals surface area contributed by atoms with Gasteiger partial charge in [0.2, 0.25) is 0 Å². The third kappa shape index (κ3) is 4.17. The standard InChI is InChI=1S/C22H18ClFO6/c23-17-3-1-2-15-18(25)11-20(30-21(15)17)16-10-13(24)4-5-19(16)29-7-6-28-14-8-12(9-14)22(26)27/h1-5,10-12,14H,6-9H2,(H,26,27). The van der Waals surface area contributed by atoms with Gasteiger partial charge in [0.25, 0.3) is 0 Å². The van der Waals surface area contributed by atoms with Crippen LogP contribution in [0.5, 0.6) is 5.75 Å². The lowest BCUT2D eigenvalue weighted by Crippen LogP contribution is -2.37. The van der Waals surface area contributed by atoms with Gasteiger partial charge in [-0.2, -0.15) is 0 Å². The molecule has 1 N–H and O–H groups in total. The zero-order valence-corrected chi connectivity index (χ0v) is 16.5. The molecule has 0 unspecified atom stereocenters. The van der Waals surface area contributed by atoms with Crippen molar-refractivity contribution in [2.75, 3.05) is 13.2 Å². The summed E-state index contributed by atoms with van der Waals surface area (Å²) in [5.41, 5.74) is 0.201. The molecule has 8 heteroatoms. The summed E-state index contributed by atoms with van der Waals surface area (Å²) in [5, 5.41) is 9.49. The van der Waals surface area contributed by atoms with E-state index in [1.165, 1.54) is 24.3 Å². The van der Waals surface area contributed by atoms with Crippen molar-refractivity contribution in [2.24, 2.45) is 5.92 Å². The fraction of sp³-hybridized carbons (Fsp3) is 0.273. The van der Waals surface area contributed by atoms with Crippen LogP contribution in [0, 0.1) is 11.7 Å². The largest absolute Gasteiger partial charge is 0.490 e. The minimum absolute atomic E-state index is 0.0944. The Morgan fingerprint density at radius 2 is 2.00 bits per heavy atom. The first-order chi connectivity index (χ1) is 14.4. The highest BCUT2D eigenvalue weighted by atomic mass is 35.5. The van der Waals surface area contributed by atoms with Gasteiger partial charge >= 0.3 is 5.97 Å². The summed E-state index contributed by atoms with van der Waals surface area (Å²) in [5.74, 6) is -1.20. The second-order valence-electron chi connectivity index (χ2n) is 7.08. The Morgan fingerprint density at radius 1 is 1.20 bits per heavy atom. The van der Waals surface area contributed by atoms with Crippen LogP contribution in [0.15, 0.2) is 51.7 Å². The lowest BCUT2D eigenvalue weighted by Gasteiger charge is -2.32. The van der Waals surface area contributed by atoms with Crippen molar-refractivity contribution < 1.29 is 28.2 Å². The van der Waals surface area contributed by atoms with Crippen LogP contribution in [0.25, 0.3) is 22.3 Å². The Morgan fingerprint density at radius 3 is 2.77 bits per heavy atom. The average Bonchev–Trinajstić information content (AvgIpc) is 2.67. The van der Waals surface area contributed by atoms with E-state index >= 15 is 0 Å². The van der Waals surface area contributed by atoms with Crippen LogP contribution in [0.3, 0.4) is 0 Å². The molecule has 0 spiro atoms. The zero-order chi connectivity index (χ0) is 21.3. The van der Waals surface area contributed by atoms with Gasteiger partial charge in [-0.1, -0.05) is 17.7 Å². The molecule has 3 aromatic rings. The van der Waals surface area contributed by atoms with Gasteiger partial charge in [0.05, 0.1) is 34.6 Å². The van der Waals surface area contributed by atoms with Gasteiger partial charge in [0.1, 0.15) is 23.9 Å². The molecule has 1 aromatic heterocycles. The van der Waals surface area contributed by atoms with Crippen LogP contribution in [0.4, 0.5) is 4.39 Å². The van der Waals surface area contributed by atoms with Gasteiger partial charge in [0, 0.05) is 6.07 Å². The summed E-state index contributed by atoms with van der Waals surface area (Å²) < 4.78 is 31.0. The van der Waals surface area contributed by atoms with Gasteiger partial charge in [-0.15, -0.1) is 0 Å². The van der Waals surface area contributed by atoms with E-state index in [0.717, 1.165) is 0 Å². The highest BCUT2D eigenvalue weighted by Gasteiger charge is 2.34. The normalized spacial score (nSPS) is 18.2. The van der Waals surface area contributed by atoms with Gasteiger partial charge < -0.3 is 19.0 Å². The summed E-state index contributed by atoms with van der Waals surface area (Å²) in [7, 11) is 0. The van der Waals surface area contributed by atoms with Crippen molar-refractivity contribution in [3.63, 3.8) is 0 Å². The molecule has 0 atom stereocenters. The number of para-hydroxylation sites is 1. The smallest absolute Gasteiger partial charge is 0.306 e. The number of rotatable bonds is 7.